The topological polar surface area (TPSA) is 52.0 Å². The van der Waals surface area contributed by atoms with Gasteiger partial charge in [-0.2, -0.15) is 0 Å². The fourth-order valence-corrected chi connectivity index (χ4v) is 1.94. The minimum Gasteiger partial charge on any atom is -0.438 e. The molecule has 0 atom stereocenters. The lowest BCUT2D eigenvalue weighted by Crippen LogP contribution is -1.92. The molecule has 1 aromatic heterocycles. The van der Waals surface area contributed by atoms with Crippen LogP contribution in [0.1, 0.15) is 50.0 Å². The van der Waals surface area contributed by atoms with Crippen LogP contribution in [0, 0.1) is 0 Å². The molecule has 0 saturated heterocycles. The molecule has 3 rings (SSSR count). The molecule has 1 aromatic carbocycles. The largest absolute Gasteiger partial charge is 0.438 e. The number of nitrogen functional groups attached to an aromatic ring is 1. The number of hydrogen-bond donors (Lipinski definition) is 1. The molecule has 1 aliphatic rings. The van der Waals surface area contributed by atoms with E-state index in [9.17, 15) is 0 Å². The third kappa shape index (κ3) is 1.47. The first-order valence-corrected chi connectivity index (χ1v) is 5.85. The van der Waals surface area contributed by atoms with Crippen LogP contribution >= 0.6 is 0 Å². The molecular weight excluding hydrogens is 200 g/mol. The molecule has 2 N–H and O–H groups in total. The number of hydrogen-bond acceptors (Lipinski definition) is 3. The van der Waals surface area contributed by atoms with E-state index in [2.05, 4.69) is 24.9 Å². The number of nitrogens with two attached hydrogens (primary N) is 1. The van der Waals surface area contributed by atoms with Crippen LogP contribution in [-0.4, -0.2) is 4.98 Å². The summed E-state index contributed by atoms with van der Waals surface area (Å²) in [6, 6.07) is 4.08. The van der Waals surface area contributed by atoms with Gasteiger partial charge in [-0.3, -0.25) is 0 Å². The maximum atomic E-state index is 5.99. The van der Waals surface area contributed by atoms with Crippen LogP contribution in [0.25, 0.3) is 11.1 Å². The molecule has 0 aliphatic heterocycles. The zero-order valence-corrected chi connectivity index (χ0v) is 9.66. The van der Waals surface area contributed by atoms with Gasteiger partial charge < -0.3 is 10.2 Å². The van der Waals surface area contributed by atoms with Crippen molar-refractivity contribution >= 4 is 16.8 Å². The van der Waals surface area contributed by atoms with E-state index in [4.69, 9.17) is 10.2 Å². The Kier molecular flexibility index (Phi) is 1.96. The Morgan fingerprint density at radius 1 is 1.38 bits per heavy atom. The van der Waals surface area contributed by atoms with Crippen LogP contribution in [0.15, 0.2) is 16.5 Å². The first-order valence-electron chi connectivity index (χ1n) is 5.85. The van der Waals surface area contributed by atoms with Crippen molar-refractivity contribution in [1.29, 1.82) is 0 Å². The van der Waals surface area contributed by atoms with E-state index in [-0.39, 0.29) is 0 Å². The molecule has 1 heterocycles. The highest BCUT2D eigenvalue weighted by molar-refractivity contribution is 5.86. The van der Waals surface area contributed by atoms with Crippen LogP contribution in [0.2, 0.25) is 0 Å². The van der Waals surface area contributed by atoms with Crippen LogP contribution in [0.4, 0.5) is 5.69 Å². The maximum absolute atomic E-state index is 5.99. The van der Waals surface area contributed by atoms with Crippen molar-refractivity contribution in [1.82, 2.24) is 4.98 Å². The Labute approximate surface area is 94.7 Å². The summed E-state index contributed by atoms with van der Waals surface area (Å²) in [6.45, 7) is 4.31. The lowest BCUT2D eigenvalue weighted by molar-refractivity contribution is 0.534. The van der Waals surface area contributed by atoms with Gasteiger partial charge in [-0.25, -0.2) is 4.98 Å². The quantitative estimate of drug-likeness (QED) is 0.782. The van der Waals surface area contributed by atoms with Crippen molar-refractivity contribution in [3.63, 3.8) is 0 Å². The molecule has 1 fully saturated rings. The molecule has 0 radical (unpaired) electrons. The molecule has 3 heteroatoms. The molecule has 84 valence electrons. The predicted molar refractivity (Wildman–Crippen MR) is 64.5 cm³/mol. The molecule has 2 aromatic rings. The molecule has 0 unspecified atom stereocenters. The van der Waals surface area contributed by atoms with Gasteiger partial charge in [0.05, 0.1) is 5.69 Å². The number of aromatic nitrogens is 1. The van der Waals surface area contributed by atoms with Gasteiger partial charge in [0.25, 0.3) is 0 Å². The van der Waals surface area contributed by atoms with Crippen LogP contribution in [-0.2, 0) is 0 Å². The van der Waals surface area contributed by atoms with E-state index < -0.39 is 0 Å². The second kappa shape index (κ2) is 3.24. The number of oxazole rings is 1. The summed E-state index contributed by atoms with van der Waals surface area (Å²) in [7, 11) is 0. The highest BCUT2D eigenvalue weighted by Gasteiger charge is 2.29. The van der Waals surface area contributed by atoms with E-state index >= 15 is 0 Å². The second-order valence-corrected chi connectivity index (χ2v) is 4.94. The van der Waals surface area contributed by atoms with Crippen molar-refractivity contribution in [3.8, 4) is 0 Å². The second-order valence-electron chi connectivity index (χ2n) is 4.94. The molecule has 3 nitrogen and oxygen atoms in total. The Morgan fingerprint density at radius 2 is 2.12 bits per heavy atom. The van der Waals surface area contributed by atoms with Crippen LogP contribution < -0.4 is 5.73 Å². The van der Waals surface area contributed by atoms with Gasteiger partial charge in [0.15, 0.2) is 11.5 Å². The van der Waals surface area contributed by atoms with Crippen LogP contribution in [0.3, 0.4) is 0 Å². The van der Waals surface area contributed by atoms with Crippen molar-refractivity contribution in [2.75, 3.05) is 5.73 Å². The molecule has 0 amide bonds. The Bertz CT molecular complexity index is 538. The lowest BCUT2D eigenvalue weighted by Gasteiger charge is -2.05. The van der Waals surface area contributed by atoms with Crippen molar-refractivity contribution < 1.29 is 4.42 Å². The fourth-order valence-electron chi connectivity index (χ4n) is 1.94. The highest BCUT2D eigenvalue weighted by Crippen LogP contribution is 2.41. The third-order valence-corrected chi connectivity index (χ3v) is 3.15. The number of benzene rings is 1. The molecule has 16 heavy (non-hydrogen) atoms. The van der Waals surface area contributed by atoms with Crippen molar-refractivity contribution in [3.05, 3.63) is 23.6 Å². The predicted octanol–water partition coefficient (Wildman–Crippen LogP) is 3.41. The average Bonchev–Trinajstić information content (AvgIpc) is 2.98. The number of fused-ring (bicyclic) bond motifs is 1. The SMILES string of the molecule is CC(C)c1cc(N)c2oc(C3CC3)nc2c1. The summed E-state index contributed by atoms with van der Waals surface area (Å²) < 4.78 is 5.72. The van der Waals surface area contributed by atoms with E-state index in [1.165, 1.54) is 18.4 Å². The van der Waals surface area contributed by atoms with Gasteiger partial charge in [0, 0.05) is 5.92 Å². The fraction of sp³-hybridized carbons (Fsp3) is 0.462. The van der Waals surface area contributed by atoms with Gasteiger partial charge in [-0.15, -0.1) is 0 Å². The Hall–Kier alpha value is -1.51. The minimum atomic E-state index is 0.466. The monoisotopic (exact) mass is 216 g/mol. The maximum Gasteiger partial charge on any atom is 0.198 e. The van der Waals surface area contributed by atoms with Crippen LogP contribution in [0.5, 0.6) is 0 Å². The standard InChI is InChI=1S/C13H16N2O/c1-7(2)9-5-10(14)12-11(6-9)15-13(16-12)8-3-4-8/h5-8H,3-4,14H2,1-2H3. The molecule has 0 bridgehead atoms. The summed E-state index contributed by atoms with van der Waals surface area (Å²) in [5, 5.41) is 0. The molecular formula is C13H16N2O. The zero-order valence-electron chi connectivity index (χ0n) is 9.66. The van der Waals surface area contributed by atoms with Gasteiger partial charge in [-0.1, -0.05) is 13.8 Å². The summed E-state index contributed by atoms with van der Waals surface area (Å²) in [4.78, 5) is 4.53. The van der Waals surface area contributed by atoms with E-state index in [1.54, 1.807) is 0 Å². The Balaban J connectivity index is 2.17. The van der Waals surface area contributed by atoms with E-state index in [1.807, 2.05) is 6.07 Å². The first kappa shape index (κ1) is 9.70. The smallest absolute Gasteiger partial charge is 0.198 e. The summed E-state index contributed by atoms with van der Waals surface area (Å²) in [6.07, 6.45) is 2.40. The first-order chi connectivity index (χ1) is 7.65. The number of anilines is 1. The minimum absolute atomic E-state index is 0.466. The van der Waals surface area contributed by atoms with Crippen molar-refractivity contribution in [2.24, 2.45) is 0 Å². The number of nitrogens with zero attached hydrogens (tertiary/aromatic N) is 1. The van der Waals surface area contributed by atoms with Gasteiger partial charge in [0.2, 0.25) is 0 Å². The summed E-state index contributed by atoms with van der Waals surface area (Å²) in [5.74, 6) is 1.87. The van der Waals surface area contributed by atoms with Crippen molar-refractivity contribution in [2.45, 2.75) is 38.5 Å². The summed E-state index contributed by atoms with van der Waals surface area (Å²) in [5.41, 5.74) is 9.59. The average molecular weight is 216 g/mol. The molecule has 1 saturated carbocycles. The molecule has 0 spiro atoms. The summed E-state index contributed by atoms with van der Waals surface area (Å²) >= 11 is 0. The Morgan fingerprint density at radius 3 is 2.75 bits per heavy atom. The number of rotatable bonds is 2. The van der Waals surface area contributed by atoms with E-state index in [0.717, 1.165) is 17.0 Å². The van der Waals surface area contributed by atoms with Gasteiger partial charge in [0.1, 0.15) is 5.52 Å². The van der Waals surface area contributed by atoms with Gasteiger partial charge in [-0.05, 0) is 36.5 Å². The van der Waals surface area contributed by atoms with Gasteiger partial charge >= 0.3 is 0 Å². The molecule has 1 aliphatic carbocycles. The lowest BCUT2D eigenvalue weighted by atomic mass is 10.0. The highest BCUT2D eigenvalue weighted by atomic mass is 16.3. The normalized spacial score (nSPS) is 16.2. The van der Waals surface area contributed by atoms with E-state index in [0.29, 0.717) is 17.5 Å². The third-order valence-electron chi connectivity index (χ3n) is 3.15. The zero-order chi connectivity index (χ0) is 11.3.